The Hall–Kier alpha value is -2.59. The molecule has 1 aliphatic heterocycles. The van der Waals surface area contributed by atoms with Gasteiger partial charge >= 0.3 is 0 Å². The Bertz CT molecular complexity index is 1060. The molecule has 1 saturated heterocycles. The molecule has 1 aromatic heterocycles. The zero-order valence-electron chi connectivity index (χ0n) is 19.3. The fourth-order valence-electron chi connectivity index (χ4n) is 3.75. The summed E-state index contributed by atoms with van der Waals surface area (Å²) in [7, 11) is 3.22. The molecule has 34 heavy (non-hydrogen) atoms. The third-order valence-electron chi connectivity index (χ3n) is 5.57. The van der Waals surface area contributed by atoms with E-state index in [1.54, 1.807) is 43.4 Å². The Balaban J connectivity index is 1.54. The first-order chi connectivity index (χ1) is 16.6. The molecule has 4 rings (SSSR count). The standard InChI is InChI=1S/C24H28ClN3O5S/c1-30-19-8-9-20(31-2)23-22(19)26-24(34-23)28(11-3-10-27-12-14-32-15-13-27)21(29)16-33-18-6-4-17(25)5-7-18/h4-9H,3,10-16H2,1-2H3. The summed E-state index contributed by atoms with van der Waals surface area (Å²) < 4.78 is 23.0. The van der Waals surface area contributed by atoms with E-state index < -0.39 is 0 Å². The molecule has 0 bridgehead atoms. The lowest BCUT2D eigenvalue weighted by molar-refractivity contribution is -0.120. The molecule has 0 N–H and O–H groups in total. The number of carbonyl (C=O) groups excluding carboxylic acids is 1. The van der Waals surface area contributed by atoms with Gasteiger partial charge in [0.15, 0.2) is 11.7 Å². The molecule has 0 unspecified atom stereocenters. The van der Waals surface area contributed by atoms with Crippen molar-refractivity contribution in [1.82, 2.24) is 9.88 Å². The highest BCUT2D eigenvalue weighted by atomic mass is 35.5. The van der Waals surface area contributed by atoms with Gasteiger partial charge in [-0.25, -0.2) is 4.98 Å². The van der Waals surface area contributed by atoms with Gasteiger partial charge in [0.05, 0.1) is 27.4 Å². The molecule has 0 radical (unpaired) electrons. The van der Waals surface area contributed by atoms with Gasteiger partial charge in [0.1, 0.15) is 27.5 Å². The van der Waals surface area contributed by atoms with Gasteiger partial charge in [0.25, 0.3) is 5.91 Å². The fourth-order valence-corrected chi connectivity index (χ4v) is 4.99. The number of hydrogen-bond donors (Lipinski definition) is 0. The monoisotopic (exact) mass is 505 g/mol. The van der Waals surface area contributed by atoms with Gasteiger partial charge in [-0.2, -0.15) is 0 Å². The first-order valence-corrected chi connectivity index (χ1v) is 12.3. The average molecular weight is 506 g/mol. The van der Waals surface area contributed by atoms with E-state index in [1.165, 1.54) is 11.3 Å². The molecule has 0 spiro atoms. The fraction of sp³-hybridized carbons (Fsp3) is 0.417. The number of aromatic nitrogens is 1. The molecule has 10 heteroatoms. The molecule has 1 amide bonds. The van der Waals surface area contributed by atoms with Gasteiger partial charge in [0.2, 0.25) is 0 Å². The van der Waals surface area contributed by atoms with Crippen molar-refractivity contribution in [2.75, 3.05) is 65.1 Å². The quantitative estimate of drug-likeness (QED) is 0.410. The second-order valence-corrected chi connectivity index (χ2v) is 9.15. The summed E-state index contributed by atoms with van der Waals surface area (Å²) >= 11 is 7.35. The van der Waals surface area contributed by atoms with Crippen LogP contribution in [0.3, 0.4) is 0 Å². The van der Waals surface area contributed by atoms with Crippen molar-refractivity contribution < 1.29 is 23.7 Å². The molecule has 3 aromatic rings. The summed E-state index contributed by atoms with van der Waals surface area (Å²) in [5, 5.41) is 1.20. The summed E-state index contributed by atoms with van der Waals surface area (Å²) in [6.45, 7) is 4.59. The molecule has 8 nitrogen and oxygen atoms in total. The Morgan fingerprint density at radius 1 is 1.12 bits per heavy atom. The Labute approximate surface area is 207 Å². The number of hydrogen-bond acceptors (Lipinski definition) is 8. The Morgan fingerprint density at radius 2 is 1.82 bits per heavy atom. The van der Waals surface area contributed by atoms with E-state index >= 15 is 0 Å². The lowest BCUT2D eigenvalue weighted by Crippen LogP contribution is -2.40. The van der Waals surface area contributed by atoms with E-state index in [9.17, 15) is 4.79 Å². The van der Waals surface area contributed by atoms with Crippen molar-refractivity contribution in [1.29, 1.82) is 0 Å². The van der Waals surface area contributed by atoms with Crippen molar-refractivity contribution in [3.8, 4) is 17.2 Å². The number of nitrogens with zero attached hydrogens (tertiary/aromatic N) is 3. The minimum atomic E-state index is -0.172. The topological polar surface area (TPSA) is 73.4 Å². The number of anilines is 1. The van der Waals surface area contributed by atoms with Gasteiger partial charge in [-0.3, -0.25) is 14.6 Å². The van der Waals surface area contributed by atoms with Crippen LogP contribution in [0.5, 0.6) is 17.2 Å². The highest BCUT2D eigenvalue weighted by Crippen LogP contribution is 2.40. The number of methoxy groups -OCH3 is 2. The SMILES string of the molecule is COc1ccc(OC)c2sc(N(CCCN3CCOCC3)C(=O)COc3ccc(Cl)cc3)nc12. The lowest BCUT2D eigenvalue weighted by Gasteiger charge is -2.27. The highest BCUT2D eigenvalue weighted by Gasteiger charge is 2.23. The minimum absolute atomic E-state index is 0.108. The first kappa shape index (κ1) is 24.5. The van der Waals surface area contributed by atoms with Crippen molar-refractivity contribution in [3.05, 3.63) is 41.4 Å². The van der Waals surface area contributed by atoms with Crippen LogP contribution in [0, 0.1) is 0 Å². The van der Waals surface area contributed by atoms with E-state index in [0.717, 1.165) is 44.0 Å². The number of amides is 1. The number of rotatable bonds is 10. The molecule has 2 aromatic carbocycles. The number of fused-ring (bicyclic) bond motifs is 1. The average Bonchev–Trinajstić information content (AvgIpc) is 3.31. The van der Waals surface area contributed by atoms with Gasteiger partial charge < -0.3 is 18.9 Å². The van der Waals surface area contributed by atoms with Crippen LogP contribution in [0.25, 0.3) is 10.2 Å². The van der Waals surface area contributed by atoms with Crippen LogP contribution in [-0.2, 0) is 9.53 Å². The molecular weight excluding hydrogens is 478 g/mol. The summed E-state index contributed by atoms with van der Waals surface area (Å²) in [5.41, 5.74) is 0.673. The largest absolute Gasteiger partial charge is 0.495 e. The van der Waals surface area contributed by atoms with Crippen LogP contribution in [0.4, 0.5) is 5.13 Å². The van der Waals surface area contributed by atoms with E-state index in [2.05, 4.69) is 4.90 Å². The van der Waals surface area contributed by atoms with Crippen molar-refractivity contribution in [3.63, 3.8) is 0 Å². The summed E-state index contributed by atoms with van der Waals surface area (Å²) in [6.07, 6.45) is 0.802. The van der Waals surface area contributed by atoms with Crippen LogP contribution >= 0.6 is 22.9 Å². The molecule has 0 saturated carbocycles. The summed E-state index contributed by atoms with van der Waals surface area (Å²) in [6, 6.07) is 10.6. The minimum Gasteiger partial charge on any atom is -0.495 e. The number of thiazole rings is 1. The van der Waals surface area contributed by atoms with E-state index in [-0.39, 0.29) is 12.5 Å². The Morgan fingerprint density at radius 3 is 2.53 bits per heavy atom. The predicted molar refractivity (Wildman–Crippen MR) is 134 cm³/mol. The second kappa shape index (κ2) is 11.7. The van der Waals surface area contributed by atoms with Gasteiger partial charge in [0, 0.05) is 31.2 Å². The van der Waals surface area contributed by atoms with E-state index in [0.29, 0.717) is 39.5 Å². The Kier molecular flexibility index (Phi) is 8.44. The number of carbonyl (C=O) groups is 1. The zero-order valence-corrected chi connectivity index (χ0v) is 20.9. The molecule has 1 fully saturated rings. The van der Waals surface area contributed by atoms with Crippen LogP contribution < -0.4 is 19.1 Å². The van der Waals surface area contributed by atoms with Crippen molar-refractivity contribution in [2.24, 2.45) is 0 Å². The third-order valence-corrected chi connectivity index (χ3v) is 6.91. The van der Waals surface area contributed by atoms with E-state index in [1.807, 2.05) is 12.1 Å². The van der Waals surface area contributed by atoms with Crippen LogP contribution in [-0.4, -0.2) is 76.0 Å². The van der Waals surface area contributed by atoms with Crippen LogP contribution in [0.15, 0.2) is 36.4 Å². The normalized spacial score (nSPS) is 14.2. The van der Waals surface area contributed by atoms with Gasteiger partial charge in [-0.15, -0.1) is 0 Å². The van der Waals surface area contributed by atoms with Crippen LogP contribution in [0.1, 0.15) is 6.42 Å². The van der Waals surface area contributed by atoms with Gasteiger partial charge in [-0.05, 0) is 42.8 Å². The molecular formula is C24H28ClN3O5S. The predicted octanol–water partition coefficient (Wildman–Crippen LogP) is 4.10. The van der Waals surface area contributed by atoms with Crippen molar-refractivity contribution in [2.45, 2.75) is 6.42 Å². The number of benzene rings is 2. The zero-order chi connectivity index (χ0) is 23.9. The number of halogens is 1. The molecule has 1 aliphatic rings. The molecule has 0 aliphatic carbocycles. The smallest absolute Gasteiger partial charge is 0.266 e. The second-order valence-electron chi connectivity index (χ2n) is 7.74. The highest BCUT2D eigenvalue weighted by molar-refractivity contribution is 7.22. The van der Waals surface area contributed by atoms with Gasteiger partial charge in [-0.1, -0.05) is 22.9 Å². The molecule has 182 valence electrons. The number of morpholine rings is 1. The maximum atomic E-state index is 13.3. The first-order valence-electron chi connectivity index (χ1n) is 11.1. The molecule has 0 atom stereocenters. The summed E-state index contributed by atoms with van der Waals surface area (Å²) in [4.78, 5) is 22.1. The maximum absolute atomic E-state index is 13.3. The van der Waals surface area contributed by atoms with Crippen molar-refractivity contribution >= 4 is 44.2 Å². The van der Waals surface area contributed by atoms with Crippen LogP contribution in [0.2, 0.25) is 5.02 Å². The summed E-state index contributed by atoms with van der Waals surface area (Å²) in [5.74, 6) is 1.74. The maximum Gasteiger partial charge on any atom is 0.266 e. The lowest BCUT2D eigenvalue weighted by atomic mass is 10.3. The molecule has 2 heterocycles. The number of ether oxygens (including phenoxy) is 4. The van der Waals surface area contributed by atoms with E-state index in [4.69, 9.17) is 35.5 Å². The third kappa shape index (κ3) is 5.90.